The molecule has 3 aromatic carbocycles. The van der Waals surface area contributed by atoms with Crippen molar-refractivity contribution in [3.8, 4) is 17.0 Å². The number of aromatic nitrogens is 1. The quantitative estimate of drug-likeness (QED) is 0.557. The van der Waals surface area contributed by atoms with Gasteiger partial charge < -0.3 is 21.7 Å². The standard InChI is InChI=1S/C20H16N2OS.BrH/c1-23-16-11-9-15(10-12-16)19-13-24-20(22-19)21-18-8-4-6-14-5-2-3-7-17(14)18;/h2-13H,1H3,(H,21,22);1H. The highest BCUT2D eigenvalue weighted by atomic mass is 79.9. The van der Waals surface area contributed by atoms with Crippen molar-refractivity contribution in [2.45, 2.75) is 0 Å². The first kappa shape index (κ1) is 17.5. The molecule has 4 rings (SSSR count). The number of hydrogen-bond donors (Lipinski definition) is 1. The van der Waals surface area contributed by atoms with Gasteiger partial charge in [0.1, 0.15) is 17.1 Å². The molecule has 0 bridgehead atoms. The maximum atomic E-state index is 5.21. The zero-order valence-corrected chi connectivity index (χ0v) is 16.0. The Morgan fingerprint density at radius 1 is 0.920 bits per heavy atom. The van der Waals surface area contributed by atoms with E-state index in [1.807, 2.05) is 12.1 Å². The second kappa shape index (κ2) is 7.68. The molecule has 1 heterocycles. The summed E-state index contributed by atoms with van der Waals surface area (Å²) >= 11 is 1.66. The van der Waals surface area contributed by atoms with Gasteiger partial charge in [0.2, 0.25) is 0 Å². The summed E-state index contributed by atoms with van der Waals surface area (Å²) in [5.41, 5.74) is 3.33. The first-order valence-electron chi connectivity index (χ1n) is 7.73. The van der Waals surface area contributed by atoms with Gasteiger partial charge in [0, 0.05) is 16.3 Å². The van der Waals surface area contributed by atoms with Gasteiger partial charge in [-0.15, -0.1) is 0 Å². The zero-order chi connectivity index (χ0) is 16.4. The summed E-state index contributed by atoms with van der Waals surface area (Å²) in [6.45, 7) is 0. The smallest absolute Gasteiger partial charge is 0.337 e. The van der Waals surface area contributed by atoms with E-state index in [9.17, 15) is 0 Å². The van der Waals surface area contributed by atoms with E-state index in [2.05, 4.69) is 70.3 Å². The molecule has 0 atom stereocenters. The summed E-state index contributed by atoms with van der Waals surface area (Å²) < 4.78 is 5.21. The Morgan fingerprint density at radius 2 is 1.68 bits per heavy atom. The molecule has 0 fully saturated rings. The minimum Gasteiger partial charge on any atom is -1.00 e. The maximum absolute atomic E-state index is 5.21. The predicted octanol–water partition coefficient (Wildman–Crippen LogP) is 2.14. The van der Waals surface area contributed by atoms with Crippen molar-refractivity contribution in [3.05, 3.63) is 72.1 Å². The second-order valence-electron chi connectivity index (χ2n) is 5.48. The van der Waals surface area contributed by atoms with E-state index in [0.717, 1.165) is 27.8 Å². The molecule has 0 aliphatic carbocycles. The SMILES string of the molecule is COc1ccc(-c2csc(Nc3cccc4ccccc34)[nH+]2)cc1.[Br-]. The van der Waals surface area contributed by atoms with Crippen LogP contribution in [-0.4, -0.2) is 7.11 Å². The van der Waals surface area contributed by atoms with Crippen LogP contribution in [0.4, 0.5) is 10.8 Å². The molecule has 0 saturated carbocycles. The number of methoxy groups -OCH3 is 1. The molecular weight excluding hydrogens is 396 g/mol. The molecule has 5 heteroatoms. The molecule has 0 unspecified atom stereocenters. The number of thiazole rings is 1. The van der Waals surface area contributed by atoms with E-state index < -0.39 is 0 Å². The number of H-pyrrole nitrogens is 1. The molecule has 126 valence electrons. The van der Waals surface area contributed by atoms with Crippen molar-refractivity contribution in [3.63, 3.8) is 0 Å². The van der Waals surface area contributed by atoms with Gasteiger partial charge in [0.25, 0.3) is 0 Å². The summed E-state index contributed by atoms with van der Waals surface area (Å²) in [5, 5.41) is 9.08. The van der Waals surface area contributed by atoms with Crippen LogP contribution in [0.1, 0.15) is 0 Å². The normalized spacial score (nSPS) is 10.3. The minimum atomic E-state index is 0. The van der Waals surface area contributed by atoms with Gasteiger partial charge >= 0.3 is 5.13 Å². The fraction of sp³-hybridized carbons (Fsp3) is 0.0500. The number of fused-ring (bicyclic) bond motifs is 1. The van der Waals surface area contributed by atoms with Crippen molar-refractivity contribution in [1.29, 1.82) is 0 Å². The molecule has 1 aromatic heterocycles. The molecule has 0 aliphatic rings. The molecule has 0 amide bonds. The lowest BCUT2D eigenvalue weighted by Gasteiger charge is -2.02. The van der Waals surface area contributed by atoms with Gasteiger partial charge in [-0.25, -0.2) is 10.3 Å². The van der Waals surface area contributed by atoms with E-state index in [1.54, 1.807) is 18.4 Å². The summed E-state index contributed by atoms with van der Waals surface area (Å²) in [6, 6.07) is 22.7. The van der Waals surface area contributed by atoms with Gasteiger partial charge in [-0.1, -0.05) is 47.7 Å². The molecule has 4 aromatic rings. The van der Waals surface area contributed by atoms with Crippen LogP contribution in [0.5, 0.6) is 5.75 Å². The number of nitrogens with one attached hydrogen (secondary N) is 2. The van der Waals surface area contributed by atoms with Gasteiger partial charge in [-0.05, 0) is 35.7 Å². The van der Waals surface area contributed by atoms with Crippen molar-refractivity contribution in [1.82, 2.24) is 0 Å². The van der Waals surface area contributed by atoms with Crippen LogP contribution in [0, 0.1) is 0 Å². The summed E-state index contributed by atoms with van der Waals surface area (Å²) in [7, 11) is 1.68. The second-order valence-corrected chi connectivity index (χ2v) is 6.36. The molecule has 2 N–H and O–H groups in total. The molecule has 0 spiro atoms. The third kappa shape index (κ3) is 3.67. The lowest BCUT2D eigenvalue weighted by atomic mass is 10.1. The van der Waals surface area contributed by atoms with Crippen LogP contribution in [0.15, 0.2) is 72.1 Å². The first-order chi connectivity index (χ1) is 11.8. The van der Waals surface area contributed by atoms with E-state index in [0.29, 0.717) is 0 Å². The van der Waals surface area contributed by atoms with Gasteiger partial charge in [-0.2, -0.15) is 0 Å². The number of hydrogen-bond acceptors (Lipinski definition) is 3. The molecular formula is C20H17BrN2OS. The topological polar surface area (TPSA) is 35.4 Å². The third-order valence-electron chi connectivity index (χ3n) is 3.98. The monoisotopic (exact) mass is 412 g/mol. The highest BCUT2D eigenvalue weighted by Crippen LogP contribution is 2.28. The third-order valence-corrected chi connectivity index (χ3v) is 4.78. The number of rotatable bonds is 4. The molecule has 25 heavy (non-hydrogen) atoms. The molecule has 3 nitrogen and oxygen atoms in total. The van der Waals surface area contributed by atoms with E-state index in [4.69, 9.17) is 4.74 Å². The van der Waals surface area contributed by atoms with Crippen LogP contribution >= 0.6 is 11.3 Å². The van der Waals surface area contributed by atoms with Gasteiger partial charge in [-0.3, -0.25) is 0 Å². The Kier molecular flexibility index (Phi) is 5.36. The molecule has 0 aliphatic heterocycles. The number of halogens is 1. The van der Waals surface area contributed by atoms with Crippen LogP contribution in [0.2, 0.25) is 0 Å². The fourth-order valence-electron chi connectivity index (χ4n) is 2.73. The molecule has 0 radical (unpaired) electrons. The first-order valence-corrected chi connectivity index (χ1v) is 8.61. The van der Waals surface area contributed by atoms with Crippen LogP contribution in [-0.2, 0) is 0 Å². The average Bonchev–Trinajstić information content (AvgIpc) is 3.11. The fourth-order valence-corrected chi connectivity index (χ4v) is 3.50. The lowest BCUT2D eigenvalue weighted by molar-refractivity contribution is -0.340. The average molecular weight is 413 g/mol. The van der Waals surface area contributed by atoms with E-state index >= 15 is 0 Å². The number of aromatic amines is 1. The number of ether oxygens (including phenoxy) is 1. The van der Waals surface area contributed by atoms with Gasteiger partial charge in [0.15, 0.2) is 0 Å². The summed E-state index contributed by atoms with van der Waals surface area (Å²) in [5.74, 6) is 0.864. The van der Waals surface area contributed by atoms with Crippen molar-refractivity contribution in [2.75, 3.05) is 12.4 Å². The van der Waals surface area contributed by atoms with Gasteiger partial charge in [0.05, 0.1) is 7.11 Å². The van der Waals surface area contributed by atoms with Crippen molar-refractivity contribution < 1.29 is 26.7 Å². The highest BCUT2D eigenvalue weighted by molar-refractivity contribution is 7.13. The molecule has 0 saturated heterocycles. The van der Waals surface area contributed by atoms with Crippen molar-refractivity contribution >= 4 is 32.9 Å². The largest absolute Gasteiger partial charge is 1.00 e. The van der Waals surface area contributed by atoms with E-state index in [1.165, 1.54) is 10.8 Å². The Bertz CT molecular complexity index is 977. The Hall–Kier alpha value is -2.37. The Morgan fingerprint density at radius 3 is 2.48 bits per heavy atom. The summed E-state index contributed by atoms with van der Waals surface area (Å²) in [4.78, 5) is 3.45. The Labute approximate surface area is 161 Å². The zero-order valence-electron chi connectivity index (χ0n) is 13.6. The minimum absolute atomic E-state index is 0. The van der Waals surface area contributed by atoms with Crippen LogP contribution < -0.4 is 32.0 Å². The van der Waals surface area contributed by atoms with E-state index in [-0.39, 0.29) is 17.0 Å². The Balaban J connectivity index is 0.00000182. The highest BCUT2D eigenvalue weighted by Gasteiger charge is 2.12. The number of anilines is 2. The summed E-state index contributed by atoms with van der Waals surface area (Å²) in [6.07, 6.45) is 0. The lowest BCUT2D eigenvalue weighted by Crippen LogP contribution is -3.00. The maximum Gasteiger partial charge on any atom is 0.337 e. The predicted molar refractivity (Wildman–Crippen MR) is 100 cm³/mol. The number of benzene rings is 3. The van der Waals surface area contributed by atoms with Crippen LogP contribution in [0.25, 0.3) is 22.0 Å². The van der Waals surface area contributed by atoms with Crippen LogP contribution in [0.3, 0.4) is 0 Å². The van der Waals surface area contributed by atoms with Crippen molar-refractivity contribution in [2.24, 2.45) is 0 Å².